The summed E-state index contributed by atoms with van der Waals surface area (Å²) in [6, 6.07) is 0. The van der Waals surface area contributed by atoms with Crippen molar-refractivity contribution in [2.75, 3.05) is 13.2 Å². The van der Waals surface area contributed by atoms with Crippen LogP contribution in [0, 0.1) is 0 Å². The monoisotopic (exact) mass is 370 g/mol. The quantitative estimate of drug-likeness (QED) is 0.204. The Hall–Kier alpha value is -1.89. The van der Waals surface area contributed by atoms with Crippen LogP contribution in [0.2, 0.25) is 0 Å². The highest BCUT2D eigenvalue weighted by Crippen LogP contribution is 2.30. The average molecular weight is 370 g/mol. The van der Waals surface area contributed by atoms with E-state index in [4.69, 9.17) is 19.3 Å². The maximum atomic E-state index is 12.7. The molecule has 1 heterocycles. The van der Waals surface area contributed by atoms with Gasteiger partial charge in [0.2, 0.25) is 5.60 Å². The Labute approximate surface area is 154 Å². The van der Waals surface area contributed by atoms with E-state index in [2.05, 4.69) is 6.58 Å². The predicted octanol–water partition coefficient (Wildman–Crippen LogP) is 3.01. The summed E-state index contributed by atoms with van der Waals surface area (Å²) in [5, 5.41) is 8.72. The van der Waals surface area contributed by atoms with Crippen molar-refractivity contribution in [3.05, 3.63) is 12.7 Å². The number of carboxylic acids is 1. The molecule has 1 aliphatic heterocycles. The Balaban J connectivity index is 2.75. The van der Waals surface area contributed by atoms with Gasteiger partial charge in [-0.15, -0.1) is 0 Å². The van der Waals surface area contributed by atoms with Crippen LogP contribution in [0.4, 0.5) is 0 Å². The molecule has 2 unspecified atom stereocenters. The summed E-state index contributed by atoms with van der Waals surface area (Å²) < 4.78 is 15.9. The van der Waals surface area contributed by atoms with E-state index in [0.717, 1.165) is 25.3 Å². The minimum Gasteiger partial charge on any atom is -0.481 e. The van der Waals surface area contributed by atoms with Crippen molar-refractivity contribution >= 4 is 17.9 Å². The molecular weight excluding hydrogens is 340 g/mol. The number of epoxide rings is 1. The summed E-state index contributed by atoms with van der Waals surface area (Å²) >= 11 is 0. The average Bonchev–Trinajstić information content (AvgIpc) is 3.43. The highest BCUT2D eigenvalue weighted by atomic mass is 16.6. The molecule has 0 amide bonds. The first-order chi connectivity index (χ1) is 12.4. The largest absolute Gasteiger partial charge is 0.481 e. The standard InChI is InChI=1S/C19H30O7/c1-3-5-8-11-19(26-17(22)4-2,12-9-6-7-10-16(20)21)18(23)25-14-15-13-24-15/h4,15H,2-3,5-14H2,1H3,(H,20,21). The van der Waals surface area contributed by atoms with Gasteiger partial charge >= 0.3 is 17.9 Å². The number of hydrogen-bond donors (Lipinski definition) is 1. The molecule has 2 atom stereocenters. The van der Waals surface area contributed by atoms with Crippen LogP contribution in [0.15, 0.2) is 12.7 Å². The number of aliphatic carboxylic acids is 1. The van der Waals surface area contributed by atoms with Crippen LogP contribution >= 0.6 is 0 Å². The summed E-state index contributed by atoms with van der Waals surface area (Å²) in [5.41, 5.74) is -1.35. The molecule has 0 aromatic rings. The molecule has 0 saturated carbocycles. The van der Waals surface area contributed by atoms with E-state index in [1.165, 1.54) is 0 Å². The number of carboxylic acid groups (broad SMARTS) is 1. The Morgan fingerprint density at radius 3 is 2.38 bits per heavy atom. The minimum absolute atomic E-state index is 0.0713. The highest BCUT2D eigenvalue weighted by molar-refractivity contribution is 5.87. The second-order valence-corrected chi connectivity index (χ2v) is 6.58. The van der Waals surface area contributed by atoms with Crippen LogP contribution in [0.25, 0.3) is 0 Å². The van der Waals surface area contributed by atoms with E-state index in [-0.39, 0.29) is 19.1 Å². The van der Waals surface area contributed by atoms with E-state index >= 15 is 0 Å². The van der Waals surface area contributed by atoms with E-state index in [1.807, 2.05) is 6.92 Å². The van der Waals surface area contributed by atoms with Crippen molar-refractivity contribution in [3.63, 3.8) is 0 Å². The fourth-order valence-electron chi connectivity index (χ4n) is 2.70. The number of ether oxygens (including phenoxy) is 3. The third-order valence-corrected chi connectivity index (χ3v) is 4.29. The Kier molecular flexibility index (Phi) is 9.95. The number of carbonyl (C=O) groups excluding carboxylic acids is 2. The fourth-order valence-corrected chi connectivity index (χ4v) is 2.70. The first-order valence-electron chi connectivity index (χ1n) is 9.29. The van der Waals surface area contributed by atoms with E-state index in [1.54, 1.807) is 0 Å². The van der Waals surface area contributed by atoms with Crippen LogP contribution in [0.1, 0.15) is 64.7 Å². The zero-order chi connectivity index (χ0) is 19.4. The lowest BCUT2D eigenvalue weighted by atomic mass is 9.89. The summed E-state index contributed by atoms with van der Waals surface area (Å²) in [7, 11) is 0. The summed E-state index contributed by atoms with van der Waals surface area (Å²) in [5.74, 6) is -2.06. The van der Waals surface area contributed by atoms with Crippen molar-refractivity contribution in [1.82, 2.24) is 0 Å². The minimum atomic E-state index is -1.35. The molecule has 1 rings (SSSR count). The van der Waals surface area contributed by atoms with Crippen molar-refractivity contribution in [1.29, 1.82) is 0 Å². The molecule has 0 bridgehead atoms. The molecule has 0 spiro atoms. The molecule has 1 fully saturated rings. The van der Waals surface area contributed by atoms with Crippen molar-refractivity contribution < 1.29 is 33.7 Å². The van der Waals surface area contributed by atoms with Gasteiger partial charge in [-0.1, -0.05) is 32.8 Å². The van der Waals surface area contributed by atoms with E-state index in [0.29, 0.717) is 38.7 Å². The van der Waals surface area contributed by atoms with E-state index in [9.17, 15) is 14.4 Å². The summed E-state index contributed by atoms with van der Waals surface area (Å²) in [6.07, 6.45) is 6.05. The van der Waals surface area contributed by atoms with Gasteiger partial charge in [-0.25, -0.2) is 9.59 Å². The van der Waals surface area contributed by atoms with Gasteiger partial charge in [0.25, 0.3) is 0 Å². The van der Waals surface area contributed by atoms with Crippen LogP contribution in [-0.4, -0.2) is 47.9 Å². The fraction of sp³-hybridized carbons (Fsp3) is 0.737. The number of rotatable bonds is 15. The number of unbranched alkanes of at least 4 members (excludes halogenated alkanes) is 4. The third kappa shape index (κ3) is 8.47. The van der Waals surface area contributed by atoms with Gasteiger partial charge in [-0.3, -0.25) is 4.79 Å². The lowest BCUT2D eigenvalue weighted by Crippen LogP contribution is -2.45. The molecule has 7 nitrogen and oxygen atoms in total. The summed E-state index contributed by atoms with van der Waals surface area (Å²) in [4.78, 5) is 35.2. The molecule has 0 aliphatic carbocycles. The lowest BCUT2D eigenvalue weighted by Gasteiger charge is -2.31. The topological polar surface area (TPSA) is 102 Å². The Bertz CT molecular complexity index is 484. The predicted molar refractivity (Wildman–Crippen MR) is 94.6 cm³/mol. The first-order valence-corrected chi connectivity index (χ1v) is 9.29. The van der Waals surface area contributed by atoms with Crippen LogP contribution in [0.5, 0.6) is 0 Å². The molecule has 0 aromatic carbocycles. The molecule has 0 aromatic heterocycles. The van der Waals surface area contributed by atoms with Crippen LogP contribution < -0.4 is 0 Å². The summed E-state index contributed by atoms with van der Waals surface area (Å²) in [6.45, 7) is 6.17. The second kappa shape index (κ2) is 11.7. The zero-order valence-corrected chi connectivity index (χ0v) is 15.5. The second-order valence-electron chi connectivity index (χ2n) is 6.58. The molecule has 148 valence electrons. The smallest absolute Gasteiger partial charge is 0.350 e. The van der Waals surface area contributed by atoms with Gasteiger partial charge < -0.3 is 19.3 Å². The molecule has 0 radical (unpaired) electrons. The van der Waals surface area contributed by atoms with Crippen LogP contribution in [-0.2, 0) is 28.6 Å². The molecule has 26 heavy (non-hydrogen) atoms. The van der Waals surface area contributed by atoms with Gasteiger partial charge in [-0.05, 0) is 32.1 Å². The SMILES string of the molecule is C=CC(=O)OC(CCCCC)(CCCCCC(=O)O)C(=O)OCC1CO1. The number of carbonyl (C=O) groups is 3. The van der Waals surface area contributed by atoms with Gasteiger partial charge in [0.1, 0.15) is 12.7 Å². The maximum absolute atomic E-state index is 12.7. The molecule has 1 saturated heterocycles. The Morgan fingerprint density at radius 2 is 1.85 bits per heavy atom. The van der Waals surface area contributed by atoms with Gasteiger partial charge in [0, 0.05) is 12.5 Å². The van der Waals surface area contributed by atoms with Gasteiger partial charge in [0.05, 0.1) is 6.61 Å². The van der Waals surface area contributed by atoms with Crippen molar-refractivity contribution in [2.45, 2.75) is 76.4 Å². The van der Waals surface area contributed by atoms with Crippen molar-refractivity contribution in [3.8, 4) is 0 Å². The number of esters is 2. The van der Waals surface area contributed by atoms with Crippen LogP contribution in [0.3, 0.4) is 0 Å². The lowest BCUT2D eigenvalue weighted by molar-refractivity contribution is -0.182. The normalized spacial score (nSPS) is 17.8. The highest BCUT2D eigenvalue weighted by Gasteiger charge is 2.43. The zero-order valence-electron chi connectivity index (χ0n) is 15.5. The van der Waals surface area contributed by atoms with E-state index < -0.39 is 23.5 Å². The molecular formula is C19H30O7. The maximum Gasteiger partial charge on any atom is 0.350 e. The van der Waals surface area contributed by atoms with Crippen molar-refractivity contribution in [2.24, 2.45) is 0 Å². The van der Waals surface area contributed by atoms with Gasteiger partial charge in [0.15, 0.2) is 0 Å². The third-order valence-electron chi connectivity index (χ3n) is 4.29. The molecule has 1 aliphatic rings. The molecule has 1 N–H and O–H groups in total. The Morgan fingerprint density at radius 1 is 1.19 bits per heavy atom. The first kappa shape index (κ1) is 22.2. The molecule has 7 heteroatoms. The van der Waals surface area contributed by atoms with Gasteiger partial charge in [-0.2, -0.15) is 0 Å². The number of hydrogen-bond acceptors (Lipinski definition) is 6.